The quantitative estimate of drug-likeness (QED) is 0.415. The van der Waals surface area contributed by atoms with Crippen molar-refractivity contribution in [2.75, 3.05) is 53.6 Å². The van der Waals surface area contributed by atoms with Gasteiger partial charge >= 0.3 is 12.0 Å². The first-order valence-electron chi connectivity index (χ1n) is 8.21. The van der Waals surface area contributed by atoms with E-state index in [0.717, 1.165) is 13.0 Å². The summed E-state index contributed by atoms with van der Waals surface area (Å²) in [6, 6.07) is -0.285. The van der Waals surface area contributed by atoms with Crippen molar-refractivity contribution in [3.63, 3.8) is 0 Å². The standard InChI is InChI=1S/C16H33N3O4/c1-6-16(2,3)14(20)23-13-9-18-15(21)17-8-12-22-11-7-10-19(4)5/h6-13H2,1-5H3,(H2,17,18,21). The number of ether oxygens (including phenoxy) is 2. The summed E-state index contributed by atoms with van der Waals surface area (Å²) in [5, 5.41) is 5.32. The SMILES string of the molecule is CCC(C)(C)C(=O)OCCNC(=O)NCCOCCCN(C)C. The van der Waals surface area contributed by atoms with Crippen molar-refractivity contribution in [1.82, 2.24) is 15.5 Å². The molecule has 7 heteroatoms. The Hall–Kier alpha value is -1.34. The molecule has 2 N–H and O–H groups in total. The van der Waals surface area contributed by atoms with Crippen LogP contribution in [0.15, 0.2) is 0 Å². The maximum atomic E-state index is 11.7. The van der Waals surface area contributed by atoms with Crippen molar-refractivity contribution in [3.8, 4) is 0 Å². The molecule has 0 atom stereocenters. The summed E-state index contributed by atoms with van der Waals surface area (Å²) >= 11 is 0. The molecule has 0 aliphatic heterocycles. The zero-order valence-corrected chi connectivity index (χ0v) is 15.2. The van der Waals surface area contributed by atoms with E-state index < -0.39 is 5.41 Å². The molecule has 136 valence electrons. The van der Waals surface area contributed by atoms with Gasteiger partial charge in [-0.1, -0.05) is 6.92 Å². The summed E-state index contributed by atoms with van der Waals surface area (Å²) in [5.74, 6) is -0.242. The fourth-order valence-corrected chi connectivity index (χ4v) is 1.53. The van der Waals surface area contributed by atoms with Crippen LogP contribution in [0.2, 0.25) is 0 Å². The maximum Gasteiger partial charge on any atom is 0.314 e. The lowest BCUT2D eigenvalue weighted by atomic mass is 9.91. The van der Waals surface area contributed by atoms with E-state index in [9.17, 15) is 9.59 Å². The van der Waals surface area contributed by atoms with Crippen molar-refractivity contribution < 1.29 is 19.1 Å². The van der Waals surface area contributed by atoms with Gasteiger partial charge in [0.1, 0.15) is 6.61 Å². The topological polar surface area (TPSA) is 79.9 Å². The normalized spacial score (nSPS) is 11.4. The molecule has 0 heterocycles. The molecule has 0 fully saturated rings. The Bertz CT molecular complexity index is 346. The lowest BCUT2D eigenvalue weighted by Gasteiger charge is -2.20. The smallest absolute Gasteiger partial charge is 0.314 e. The average Bonchev–Trinajstić information content (AvgIpc) is 2.49. The van der Waals surface area contributed by atoms with Gasteiger partial charge in [0, 0.05) is 13.2 Å². The molecule has 0 saturated heterocycles. The van der Waals surface area contributed by atoms with Crippen molar-refractivity contribution >= 4 is 12.0 Å². The van der Waals surface area contributed by atoms with Gasteiger partial charge in [0.25, 0.3) is 0 Å². The number of esters is 1. The Morgan fingerprint density at radius 1 is 1.04 bits per heavy atom. The zero-order chi connectivity index (χ0) is 17.7. The molecular formula is C16H33N3O4. The lowest BCUT2D eigenvalue weighted by Crippen LogP contribution is -2.39. The second-order valence-corrected chi connectivity index (χ2v) is 6.33. The first-order valence-corrected chi connectivity index (χ1v) is 8.21. The molecule has 23 heavy (non-hydrogen) atoms. The van der Waals surface area contributed by atoms with Crippen LogP contribution in [0.4, 0.5) is 4.79 Å². The molecule has 7 nitrogen and oxygen atoms in total. The van der Waals surface area contributed by atoms with Gasteiger partial charge in [-0.25, -0.2) is 4.79 Å². The van der Waals surface area contributed by atoms with Crippen LogP contribution in [-0.4, -0.2) is 70.5 Å². The number of hydrogen-bond donors (Lipinski definition) is 2. The number of nitrogens with zero attached hydrogens (tertiary/aromatic N) is 1. The van der Waals surface area contributed by atoms with Gasteiger partial charge in [-0.3, -0.25) is 4.79 Å². The van der Waals surface area contributed by atoms with Crippen LogP contribution in [0, 0.1) is 5.41 Å². The number of nitrogens with one attached hydrogen (secondary N) is 2. The second-order valence-electron chi connectivity index (χ2n) is 6.33. The minimum atomic E-state index is -0.480. The van der Waals surface area contributed by atoms with E-state index >= 15 is 0 Å². The molecule has 0 spiro atoms. The molecule has 0 rings (SSSR count). The first kappa shape index (κ1) is 21.7. The first-order chi connectivity index (χ1) is 10.8. The summed E-state index contributed by atoms with van der Waals surface area (Å²) in [7, 11) is 4.04. The van der Waals surface area contributed by atoms with Crippen LogP contribution in [0.1, 0.15) is 33.6 Å². The van der Waals surface area contributed by atoms with Gasteiger partial charge in [-0.05, 0) is 47.3 Å². The molecule has 0 saturated carbocycles. The highest BCUT2D eigenvalue weighted by Gasteiger charge is 2.26. The van der Waals surface area contributed by atoms with Gasteiger partial charge in [-0.15, -0.1) is 0 Å². The Kier molecular flexibility index (Phi) is 11.4. The highest BCUT2D eigenvalue weighted by atomic mass is 16.5. The summed E-state index contributed by atoms with van der Waals surface area (Å²) < 4.78 is 10.5. The number of hydrogen-bond acceptors (Lipinski definition) is 5. The molecule has 0 aromatic heterocycles. The molecule has 0 aliphatic carbocycles. The third-order valence-electron chi connectivity index (χ3n) is 3.48. The van der Waals surface area contributed by atoms with Crippen molar-refractivity contribution in [1.29, 1.82) is 0 Å². The van der Waals surface area contributed by atoms with Crippen LogP contribution in [-0.2, 0) is 14.3 Å². The van der Waals surface area contributed by atoms with Gasteiger partial charge in [0.05, 0.1) is 18.6 Å². The zero-order valence-electron chi connectivity index (χ0n) is 15.2. The molecular weight excluding hydrogens is 298 g/mol. The molecule has 0 radical (unpaired) electrons. The molecule has 0 aromatic carbocycles. The van der Waals surface area contributed by atoms with Gasteiger partial charge < -0.3 is 25.0 Å². The number of carbonyl (C=O) groups excluding carboxylic acids is 2. The number of amides is 2. The van der Waals surface area contributed by atoms with E-state index in [4.69, 9.17) is 9.47 Å². The fourth-order valence-electron chi connectivity index (χ4n) is 1.53. The van der Waals surface area contributed by atoms with Crippen molar-refractivity contribution in [2.24, 2.45) is 5.41 Å². The van der Waals surface area contributed by atoms with Crippen LogP contribution in [0.3, 0.4) is 0 Å². The van der Waals surface area contributed by atoms with Gasteiger partial charge in [0.15, 0.2) is 0 Å². The van der Waals surface area contributed by atoms with Gasteiger partial charge in [0.2, 0.25) is 0 Å². The van der Waals surface area contributed by atoms with Gasteiger partial charge in [-0.2, -0.15) is 0 Å². The summed E-state index contributed by atoms with van der Waals surface area (Å²) in [6.45, 7) is 8.71. The molecule has 0 bridgehead atoms. The Morgan fingerprint density at radius 2 is 1.65 bits per heavy atom. The summed E-state index contributed by atoms with van der Waals surface area (Å²) in [4.78, 5) is 25.3. The van der Waals surface area contributed by atoms with E-state index in [0.29, 0.717) is 32.7 Å². The van der Waals surface area contributed by atoms with Crippen molar-refractivity contribution in [3.05, 3.63) is 0 Å². The Labute approximate surface area is 140 Å². The van der Waals surface area contributed by atoms with E-state index in [1.165, 1.54) is 0 Å². The lowest BCUT2D eigenvalue weighted by molar-refractivity contribution is -0.153. The molecule has 0 aliphatic rings. The predicted molar refractivity (Wildman–Crippen MR) is 90.4 cm³/mol. The summed E-state index contributed by atoms with van der Waals surface area (Å²) in [6.07, 6.45) is 1.69. The van der Waals surface area contributed by atoms with Crippen LogP contribution in [0.5, 0.6) is 0 Å². The highest BCUT2D eigenvalue weighted by molar-refractivity contribution is 5.76. The number of rotatable bonds is 12. The third kappa shape index (κ3) is 11.8. The third-order valence-corrected chi connectivity index (χ3v) is 3.48. The van der Waals surface area contributed by atoms with Crippen LogP contribution >= 0.6 is 0 Å². The largest absolute Gasteiger partial charge is 0.463 e. The Balaban J connectivity index is 3.49. The molecule has 0 aromatic rings. The summed E-state index contributed by atoms with van der Waals surface area (Å²) in [5.41, 5.74) is -0.480. The highest BCUT2D eigenvalue weighted by Crippen LogP contribution is 2.21. The van der Waals surface area contributed by atoms with Crippen LogP contribution in [0.25, 0.3) is 0 Å². The van der Waals surface area contributed by atoms with E-state index in [1.54, 1.807) is 0 Å². The van der Waals surface area contributed by atoms with Crippen LogP contribution < -0.4 is 10.6 Å². The number of carbonyl (C=O) groups is 2. The minimum absolute atomic E-state index is 0.177. The maximum absolute atomic E-state index is 11.7. The van der Waals surface area contributed by atoms with E-state index in [-0.39, 0.29) is 18.6 Å². The second kappa shape index (κ2) is 12.1. The van der Waals surface area contributed by atoms with E-state index in [2.05, 4.69) is 15.5 Å². The fraction of sp³-hybridized carbons (Fsp3) is 0.875. The predicted octanol–water partition coefficient (Wildman–Crippen LogP) is 1.23. The average molecular weight is 331 g/mol. The molecule has 2 amide bonds. The minimum Gasteiger partial charge on any atom is -0.463 e. The van der Waals surface area contributed by atoms with E-state index in [1.807, 2.05) is 34.9 Å². The van der Waals surface area contributed by atoms with Crippen molar-refractivity contribution in [2.45, 2.75) is 33.6 Å². The number of urea groups is 1. The Morgan fingerprint density at radius 3 is 2.22 bits per heavy atom. The monoisotopic (exact) mass is 331 g/mol. The molecule has 0 unspecified atom stereocenters.